The molecule has 1 aromatic rings. The molecule has 3 N–H and O–H groups in total. The van der Waals surface area contributed by atoms with Crippen molar-refractivity contribution in [3.63, 3.8) is 0 Å². The van der Waals surface area contributed by atoms with Crippen LogP contribution in [0.1, 0.15) is 0 Å². The Balaban J connectivity index is 1.75. The van der Waals surface area contributed by atoms with Gasteiger partial charge < -0.3 is 16.0 Å². The van der Waals surface area contributed by atoms with E-state index in [9.17, 15) is 4.79 Å². The summed E-state index contributed by atoms with van der Waals surface area (Å²) >= 11 is 1.63. The molecule has 1 fully saturated rings. The Labute approximate surface area is 98.4 Å². The predicted octanol–water partition coefficient (Wildman–Crippen LogP) is 0.781. The minimum atomic E-state index is 0.0332. The highest BCUT2D eigenvalue weighted by Gasteiger charge is 2.18. The van der Waals surface area contributed by atoms with Gasteiger partial charge in [-0.15, -0.1) is 11.8 Å². The van der Waals surface area contributed by atoms with Crippen molar-refractivity contribution >= 4 is 23.5 Å². The molecule has 0 radical (unpaired) electrons. The van der Waals surface area contributed by atoms with Gasteiger partial charge in [0.05, 0.1) is 16.9 Å². The molecule has 16 heavy (non-hydrogen) atoms. The van der Waals surface area contributed by atoms with E-state index in [1.165, 1.54) is 0 Å². The predicted molar refractivity (Wildman–Crippen MR) is 64.3 cm³/mol. The van der Waals surface area contributed by atoms with Crippen LogP contribution in [0.3, 0.4) is 0 Å². The number of carbonyl (C=O) groups is 1. The minimum Gasteiger partial charge on any atom is -0.397 e. The number of carbonyl (C=O) groups excluding carboxylic acids is 1. The van der Waals surface area contributed by atoms with Crippen LogP contribution in [0.2, 0.25) is 0 Å². The number of aromatic nitrogens is 1. The fraction of sp³-hybridized carbons (Fsp3) is 0.400. The Morgan fingerprint density at radius 2 is 2.44 bits per heavy atom. The van der Waals surface area contributed by atoms with Gasteiger partial charge in [-0.1, -0.05) is 0 Å². The molecule has 0 saturated carbocycles. The maximum atomic E-state index is 11.2. The first-order chi connectivity index (χ1) is 7.75. The molecule has 86 valence electrons. The van der Waals surface area contributed by atoms with Crippen LogP contribution in [-0.4, -0.2) is 41.3 Å². The van der Waals surface area contributed by atoms with Crippen molar-refractivity contribution in [2.24, 2.45) is 0 Å². The van der Waals surface area contributed by atoms with E-state index in [-0.39, 0.29) is 6.03 Å². The molecule has 6 heteroatoms. The fourth-order valence-corrected chi connectivity index (χ4v) is 2.27. The first-order valence-corrected chi connectivity index (χ1v) is 6.11. The van der Waals surface area contributed by atoms with Gasteiger partial charge in [-0.25, -0.2) is 9.78 Å². The van der Waals surface area contributed by atoms with Gasteiger partial charge in [-0.3, -0.25) is 0 Å². The topological polar surface area (TPSA) is 71.2 Å². The summed E-state index contributed by atoms with van der Waals surface area (Å²) in [7, 11) is 0. The Kier molecular flexibility index (Phi) is 3.51. The largest absolute Gasteiger partial charge is 0.397 e. The van der Waals surface area contributed by atoms with E-state index < -0.39 is 0 Å². The number of nitrogens with zero attached hydrogens (tertiary/aromatic N) is 2. The van der Waals surface area contributed by atoms with Crippen molar-refractivity contribution in [3.8, 4) is 0 Å². The van der Waals surface area contributed by atoms with E-state index >= 15 is 0 Å². The number of urea groups is 1. The van der Waals surface area contributed by atoms with Crippen LogP contribution in [-0.2, 0) is 0 Å². The molecule has 0 unspecified atom stereocenters. The lowest BCUT2D eigenvalue weighted by molar-refractivity contribution is 0.220. The second-order valence-corrected chi connectivity index (χ2v) is 4.61. The molecular formula is C10H14N4OS. The van der Waals surface area contributed by atoms with Crippen molar-refractivity contribution < 1.29 is 4.79 Å². The Hall–Kier alpha value is -1.43. The monoisotopic (exact) mass is 238 g/mol. The van der Waals surface area contributed by atoms with Crippen LogP contribution in [0.15, 0.2) is 23.4 Å². The molecule has 2 heterocycles. The van der Waals surface area contributed by atoms with E-state index in [1.54, 1.807) is 18.0 Å². The molecule has 0 aliphatic carbocycles. The smallest absolute Gasteiger partial charge is 0.317 e. The van der Waals surface area contributed by atoms with E-state index in [2.05, 4.69) is 10.3 Å². The lowest BCUT2D eigenvalue weighted by Crippen LogP contribution is -2.30. The SMILES string of the molecule is Nc1ccc(SCCN2CCNC2=O)nc1. The Bertz CT molecular complexity index is 368. The second-order valence-electron chi connectivity index (χ2n) is 3.50. The highest BCUT2D eigenvalue weighted by Crippen LogP contribution is 2.16. The number of amides is 2. The maximum Gasteiger partial charge on any atom is 0.317 e. The van der Waals surface area contributed by atoms with Crippen molar-refractivity contribution in [1.82, 2.24) is 15.2 Å². The maximum absolute atomic E-state index is 11.2. The van der Waals surface area contributed by atoms with E-state index in [4.69, 9.17) is 5.73 Å². The molecule has 1 aliphatic heterocycles. The van der Waals surface area contributed by atoms with Crippen molar-refractivity contribution in [3.05, 3.63) is 18.3 Å². The van der Waals surface area contributed by atoms with Gasteiger partial charge in [0.25, 0.3) is 0 Å². The number of rotatable bonds is 4. The van der Waals surface area contributed by atoms with Gasteiger partial charge in [0, 0.05) is 25.4 Å². The van der Waals surface area contributed by atoms with E-state index in [0.717, 1.165) is 30.4 Å². The van der Waals surface area contributed by atoms with Crippen LogP contribution in [0.25, 0.3) is 0 Å². The van der Waals surface area contributed by atoms with Crippen LogP contribution in [0.5, 0.6) is 0 Å². The van der Waals surface area contributed by atoms with E-state index in [0.29, 0.717) is 5.69 Å². The van der Waals surface area contributed by atoms with Gasteiger partial charge in [-0.05, 0) is 12.1 Å². The summed E-state index contributed by atoms with van der Waals surface area (Å²) in [5.74, 6) is 0.852. The number of nitrogens with one attached hydrogen (secondary N) is 1. The van der Waals surface area contributed by atoms with Gasteiger partial charge in [-0.2, -0.15) is 0 Å². The summed E-state index contributed by atoms with van der Waals surface area (Å²) in [5, 5.41) is 3.71. The first kappa shape index (κ1) is 11.1. The minimum absolute atomic E-state index is 0.0332. The van der Waals surface area contributed by atoms with Crippen LogP contribution in [0.4, 0.5) is 10.5 Å². The van der Waals surface area contributed by atoms with E-state index in [1.807, 2.05) is 17.0 Å². The Morgan fingerprint density at radius 1 is 1.56 bits per heavy atom. The fourth-order valence-electron chi connectivity index (χ4n) is 1.46. The molecule has 5 nitrogen and oxygen atoms in total. The molecule has 0 bridgehead atoms. The summed E-state index contributed by atoms with van der Waals surface area (Å²) in [6.07, 6.45) is 1.64. The quantitative estimate of drug-likeness (QED) is 0.760. The molecule has 1 saturated heterocycles. The second kappa shape index (κ2) is 5.07. The number of hydrogen-bond acceptors (Lipinski definition) is 4. The molecule has 0 aromatic carbocycles. The summed E-state index contributed by atoms with van der Waals surface area (Å²) in [6, 6.07) is 3.76. The van der Waals surface area contributed by atoms with Crippen LogP contribution >= 0.6 is 11.8 Å². The third kappa shape index (κ3) is 2.79. The lowest BCUT2D eigenvalue weighted by Gasteiger charge is -2.12. The zero-order chi connectivity index (χ0) is 11.4. The summed E-state index contributed by atoms with van der Waals surface area (Å²) in [4.78, 5) is 17.2. The van der Waals surface area contributed by atoms with Gasteiger partial charge >= 0.3 is 6.03 Å². The number of nitrogen functional groups attached to an aromatic ring is 1. The molecular weight excluding hydrogens is 224 g/mol. The normalized spacial score (nSPS) is 15.2. The Morgan fingerprint density at radius 3 is 3.06 bits per heavy atom. The van der Waals surface area contributed by atoms with Gasteiger partial charge in [0.2, 0.25) is 0 Å². The molecule has 1 aromatic heterocycles. The number of thioether (sulfide) groups is 1. The average molecular weight is 238 g/mol. The molecule has 2 rings (SSSR count). The van der Waals surface area contributed by atoms with Gasteiger partial charge in [0.15, 0.2) is 0 Å². The average Bonchev–Trinajstić information content (AvgIpc) is 2.68. The number of nitrogens with two attached hydrogens (primary N) is 1. The van der Waals surface area contributed by atoms with Crippen LogP contribution in [0, 0.1) is 0 Å². The highest BCUT2D eigenvalue weighted by molar-refractivity contribution is 7.99. The summed E-state index contributed by atoms with van der Waals surface area (Å²) in [5.41, 5.74) is 6.21. The number of pyridine rings is 1. The third-order valence-electron chi connectivity index (χ3n) is 2.32. The van der Waals surface area contributed by atoms with Gasteiger partial charge in [0.1, 0.15) is 0 Å². The zero-order valence-electron chi connectivity index (χ0n) is 8.85. The third-order valence-corrected chi connectivity index (χ3v) is 3.24. The highest BCUT2D eigenvalue weighted by atomic mass is 32.2. The molecule has 0 atom stereocenters. The van der Waals surface area contributed by atoms with Crippen molar-refractivity contribution in [1.29, 1.82) is 0 Å². The molecule has 0 spiro atoms. The van der Waals surface area contributed by atoms with Crippen molar-refractivity contribution in [2.45, 2.75) is 5.03 Å². The lowest BCUT2D eigenvalue weighted by atomic mass is 10.4. The van der Waals surface area contributed by atoms with Crippen molar-refractivity contribution in [2.75, 3.05) is 31.1 Å². The first-order valence-electron chi connectivity index (χ1n) is 5.13. The molecule has 1 aliphatic rings. The molecule has 2 amide bonds. The number of anilines is 1. The number of hydrogen-bond donors (Lipinski definition) is 2. The summed E-state index contributed by atoms with van der Waals surface area (Å²) in [6.45, 7) is 2.31. The summed E-state index contributed by atoms with van der Waals surface area (Å²) < 4.78 is 0. The van der Waals surface area contributed by atoms with Crippen LogP contribution < -0.4 is 11.1 Å². The standard InChI is InChI=1S/C10H14N4OS/c11-8-1-2-9(13-7-8)16-6-5-14-4-3-12-10(14)15/h1-2,7H,3-6,11H2,(H,12,15). The zero-order valence-corrected chi connectivity index (χ0v) is 9.67.